The van der Waals surface area contributed by atoms with Crippen molar-refractivity contribution in [1.82, 2.24) is 9.55 Å². The minimum absolute atomic E-state index is 0.192. The van der Waals surface area contributed by atoms with Crippen molar-refractivity contribution in [3.8, 4) is 0 Å². The van der Waals surface area contributed by atoms with Gasteiger partial charge in [0.05, 0.1) is 17.1 Å². The Morgan fingerprint density at radius 2 is 2.15 bits per heavy atom. The summed E-state index contributed by atoms with van der Waals surface area (Å²) in [7, 11) is 0. The van der Waals surface area contributed by atoms with Gasteiger partial charge in [-0.25, -0.2) is 13.8 Å². The van der Waals surface area contributed by atoms with Crippen LogP contribution in [-0.4, -0.2) is 35.1 Å². The summed E-state index contributed by atoms with van der Waals surface area (Å²) >= 11 is 11.9. The van der Waals surface area contributed by atoms with Crippen LogP contribution in [0.25, 0.3) is 11.0 Å². The molecule has 0 N–H and O–H groups in total. The third kappa shape index (κ3) is 3.59. The van der Waals surface area contributed by atoms with Crippen molar-refractivity contribution in [2.75, 3.05) is 19.1 Å². The Balaban J connectivity index is 2.20. The first kappa shape index (κ1) is 15.5. The average Bonchev–Trinajstić information content (AvgIpc) is 2.75. The summed E-state index contributed by atoms with van der Waals surface area (Å²) in [5, 5.41) is 0.561. The highest BCUT2D eigenvalue weighted by atomic mass is 35.5. The van der Waals surface area contributed by atoms with E-state index in [0.717, 1.165) is 11.3 Å². The van der Waals surface area contributed by atoms with Gasteiger partial charge in [0.15, 0.2) is 0 Å². The van der Waals surface area contributed by atoms with Gasteiger partial charge in [0.2, 0.25) is 0 Å². The van der Waals surface area contributed by atoms with Gasteiger partial charge in [0.1, 0.15) is 17.9 Å². The molecule has 0 atom stereocenters. The summed E-state index contributed by atoms with van der Waals surface area (Å²) < 4.78 is 30.9. The lowest BCUT2D eigenvalue weighted by molar-refractivity contribution is 0.0148. The second-order valence-electron chi connectivity index (χ2n) is 4.19. The Kier molecular flexibility index (Phi) is 5.57. The summed E-state index contributed by atoms with van der Waals surface area (Å²) in [6.45, 7) is 0.0750. The van der Waals surface area contributed by atoms with Crippen LogP contribution in [0.15, 0.2) is 18.2 Å². The largest absolute Gasteiger partial charge is 0.374 e. The van der Waals surface area contributed by atoms with Gasteiger partial charge in [0.25, 0.3) is 6.43 Å². The molecule has 1 heterocycles. The molecule has 0 spiro atoms. The Bertz CT molecular complexity index is 575. The molecule has 0 amide bonds. The van der Waals surface area contributed by atoms with Crippen molar-refractivity contribution < 1.29 is 13.5 Å². The minimum atomic E-state index is -2.45. The van der Waals surface area contributed by atoms with Crippen molar-refractivity contribution >= 4 is 34.2 Å². The molecule has 0 unspecified atom stereocenters. The fourth-order valence-electron chi connectivity index (χ4n) is 2.01. The standard InChI is InChI=1S/C13H14Cl2F2N2O/c14-5-4-12-18-13-9(15)2-1-3-10(13)19(12)6-7-20-8-11(16)17/h1-3,11H,4-8H2. The quantitative estimate of drug-likeness (QED) is 0.573. The highest BCUT2D eigenvalue weighted by Crippen LogP contribution is 2.24. The van der Waals surface area contributed by atoms with E-state index in [9.17, 15) is 8.78 Å². The zero-order valence-corrected chi connectivity index (χ0v) is 12.2. The highest BCUT2D eigenvalue weighted by molar-refractivity contribution is 6.34. The third-order valence-electron chi connectivity index (χ3n) is 2.83. The first-order chi connectivity index (χ1) is 9.63. The molecule has 0 aliphatic carbocycles. The van der Waals surface area contributed by atoms with E-state index in [0.29, 0.717) is 29.4 Å². The van der Waals surface area contributed by atoms with Crippen LogP contribution in [-0.2, 0) is 17.7 Å². The lowest BCUT2D eigenvalue weighted by Crippen LogP contribution is -2.13. The lowest BCUT2D eigenvalue weighted by Gasteiger charge is -2.09. The highest BCUT2D eigenvalue weighted by Gasteiger charge is 2.12. The number of ether oxygens (including phenoxy) is 1. The molecule has 0 aliphatic rings. The number of alkyl halides is 3. The molecule has 0 saturated carbocycles. The van der Waals surface area contributed by atoms with Crippen molar-refractivity contribution in [1.29, 1.82) is 0 Å². The van der Waals surface area contributed by atoms with Gasteiger partial charge in [-0.3, -0.25) is 0 Å². The number of nitrogens with zero attached hydrogens (tertiary/aromatic N) is 2. The topological polar surface area (TPSA) is 27.1 Å². The molecule has 0 aliphatic heterocycles. The van der Waals surface area contributed by atoms with Gasteiger partial charge in [-0.1, -0.05) is 17.7 Å². The number of imidazole rings is 1. The number of aromatic nitrogens is 2. The van der Waals surface area contributed by atoms with Gasteiger partial charge in [-0.2, -0.15) is 0 Å². The number of benzene rings is 1. The van der Waals surface area contributed by atoms with Gasteiger partial charge in [0, 0.05) is 18.8 Å². The Morgan fingerprint density at radius 1 is 1.35 bits per heavy atom. The smallest absolute Gasteiger partial charge is 0.261 e. The lowest BCUT2D eigenvalue weighted by atomic mass is 10.3. The van der Waals surface area contributed by atoms with Crippen LogP contribution in [0.2, 0.25) is 5.02 Å². The van der Waals surface area contributed by atoms with Crippen LogP contribution in [0.5, 0.6) is 0 Å². The van der Waals surface area contributed by atoms with Crippen LogP contribution in [0, 0.1) is 0 Å². The first-order valence-corrected chi connectivity index (χ1v) is 7.10. The molecule has 0 bridgehead atoms. The maximum absolute atomic E-state index is 12.0. The number of halogens is 4. The zero-order chi connectivity index (χ0) is 14.5. The number of hydrogen-bond acceptors (Lipinski definition) is 2. The van der Waals surface area contributed by atoms with Crippen LogP contribution in [0.1, 0.15) is 5.82 Å². The second-order valence-corrected chi connectivity index (χ2v) is 4.98. The van der Waals surface area contributed by atoms with Crippen LogP contribution in [0.3, 0.4) is 0 Å². The summed E-state index contributed by atoms with van der Waals surface area (Å²) in [6.07, 6.45) is -1.87. The molecule has 2 aromatic rings. The first-order valence-electron chi connectivity index (χ1n) is 6.19. The van der Waals surface area contributed by atoms with Crippen LogP contribution >= 0.6 is 23.2 Å². The molecule has 2 rings (SSSR count). The number of fused-ring (bicyclic) bond motifs is 1. The number of para-hydroxylation sites is 1. The summed E-state index contributed by atoms with van der Waals surface area (Å²) in [5.74, 6) is 1.21. The Hall–Kier alpha value is -0.910. The van der Waals surface area contributed by atoms with Crippen molar-refractivity contribution in [2.24, 2.45) is 0 Å². The monoisotopic (exact) mass is 322 g/mol. The third-order valence-corrected chi connectivity index (χ3v) is 3.32. The fourth-order valence-corrected chi connectivity index (χ4v) is 2.39. The molecule has 0 fully saturated rings. The van der Waals surface area contributed by atoms with Crippen molar-refractivity contribution in [3.63, 3.8) is 0 Å². The molecule has 110 valence electrons. The fraction of sp³-hybridized carbons (Fsp3) is 0.462. The average molecular weight is 323 g/mol. The van der Waals surface area contributed by atoms with E-state index in [2.05, 4.69) is 4.98 Å². The van der Waals surface area contributed by atoms with E-state index in [1.165, 1.54) is 0 Å². The molecule has 0 radical (unpaired) electrons. The molecule has 3 nitrogen and oxygen atoms in total. The van der Waals surface area contributed by atoms with E-state index in [1.54, 1.807) is 6.07 Å². The van der Waals surface area contributed by atoms with Gasteiger partial charge >= 0.3 is 0 Å². The molecule has 1 aromatic carbocycles. The second kappa shape index (κ2) is 7.20. The normalized spacial score (nSPS) is 11.7. The summed E-state index contributed by atoms with van der Waals surface area (Å²) in [5.41, 5.74) is 1.56. The van der Waals surface area contributed by atoms with E-state index in [1.807, 2.05) is 16.7 Å². The van der Waals surface area contributed by atoms with Crippen molar-refractivity contribution in [3.05, 3.63) is 29.0 Å². The number of rotatable bonds is 7. The summed E-state index contributed by atoms with van der Waals surface area (Å²) in [6, 6.07) is 5.48. The predicted molar refractivity (Wildman–Crippen MR) is 76.0 cm³/mol. The molecule has 7 heteroatoms. The zero-order valence-electron chi connectivity index (χ0n) is 10.7. The molecule has 20 heavy (non-hydrogen) atoms. The maximum atomic E-state index is 12.0. The van der Waals surface area contributed by atoms with E-state index in [-0.39, 0.29) is 6.61 Å². The predicted octanol–water partition coefficient (Wildman–Crippen LogP) is 3.75. The van der Waals surface area contributed by atoms with E-state index < -0.39 is 13.0 Å². The molecule has 1 aromatic heterocycles. The Morgan fingerprint density at radius 3 is 2.85 bits per heavy atom. The maximum Gasteiger partial charge on any atom is 0.261 e. The molecular formula is C13H14Cl2F2N2O. The Labute approximate surface area is 125 Å². The van der Waals surface area contributed by atoms with Gasteiger partial charge in [-0.15, -0.1) is 11.6 Å². The van der Waals surface area contributed by atoms with Crippen LogP contribution < -0.4 is 0 Å². The molecular weight excluding hydrogens is 309 g/mol. The van der Waals surface area contributed by atoms with Gasteiger partial charge < -0.3 is 9.30 Å². The van der Waals surface area contributed by atoms with E-state index in [4.69, 9.17) is 27.9 Å². The van der Waals surface area contributed by atoms with Crippen LogP contribution in [0.4, 0.5) is 8.78 Å². The van der Waals surface area contributed by atoms with Gasteiger partial charge in [-0.05, 0) is 12.1 Å². The summed E-state index contributed by atoms with van der Waals surface area (Å²) in [4.78, 5) is 4.46. The SMILES string of the molecule is FC(F)COCCn1c(CCCl)nc2c(Cl)cccc21. The van der Waals surface area contributed by atoms with E-state index >= 15 is 0 Å². The number of hydrogen-bond donors (Lipinski definition) is 0. The minimum Gasteiger partial charge on any atom is -0.374 e. The number of aryl methyl sites for hydroxylation is 1. The molecule has 0 saturated heterocycles. The van der Waals surface area contributed by atoms with Crippen molar-refractivity contribution in [2.45, 2.75) is 19.4 Å².